The van der Waals surface area contributed by atoms with Gasteiger partial charge >= 0.3 is 11.9 Å². The number of carbonyl (C=O) groups is 2. The van der Waals surface area contributed by atoms with Crippen LogP contribution in [0.1, 0.15) is 30.2 Å². The maximum Gasteiger partial charge on any atom is 0.312 e. The van der Waals surface area contributed by atoms with E-state index in [1.165, 1.54) is 17.6 Å². The van der Waals surface area contributed by atoms with Gasteiger partial charge in [0.1, 0.15) is 5.92 Å². The molecule has 6 heteroatoms. The molecule has 0 aliphatic carbocycles. The van der Waals surface area contributed by atoms with E-state index in [-0.39, 0.29) is 0 Å². The van der Waals surface area contributed by atoms with Crippen LogP contribution in [0.4, 0.5) is 0 Å². The number of aliphatic imine (C=N–C) groups is 1. The third-order valence-electron chi connectivity index (χ3n) is 4.81. The summed E-state index contributed by atoms with van der Waals surface area (Å²) in [6.45, 7) is 5.43. The minimum atomic E-state index is -1.04. The van der Waals surface area contributed by atoms with E-state index in [0.29, 0.717) is 0 Å². The lowest BCUT2D eigenvalue weighted by Crippen LogP contribution is -2.47. The van der Waals surface area contributed by atoms with E-state index >= 15 is 0 Å². The number of hydrogen-bond acceptors (Lipinski definition) is 4. The zero-order valence-electron chi connectivity index (χ0n) is 13.7. The Morgan fingerprint density at radius 3 is 2.42 bits per heavy atom. The van der Waals surface area contributed by atoms with Crippen molar-refractivity contribution in [1.29, 1.82) is 0 Å². The number of thiophene rings is 1. The number of aliphatic carboxylic acids is 2. The van der Waals surface area contributed by atoms with Crippen molar-refractivity contribution in [2.45, 2.75) is 32.2 Å². The number of nitrogens with zero attached hydrogens (tertiary/aromatic N) is 1. The second-order valence-corrected chi connectivity index (χ2v) is 7.81. The van der Waals surface area contributed by atoms with Crippen LogP contribution >= 0.6 is 11.3 Å². The van der Waals surface area contributed by atoms with Crippen molar-refractivity contribution in [3.8, 4) is 0 Å². The molecule has 3 unspecified atom stereocenters. The average Bonchev–Trinajstić information content (AvgIpc) is 2.82. The molecule has 2 aromatic rings. The van der Waals surface area contributed by atoms with Crippen molar-refractivity contribution in [3.63, 3.8) is 0 Å². The first kappa shape index (κ1) is 16.6. The summed E-state index contributed by atoms with van der Waals surface area (Å²) in [6.07, 6.45) is 1.41. The fraction of sp³-hybridized carbons (Fsp3) is 0.389. The topological polar surface area (TPSA) is 87.0 Å². The first-order chi connectivity index (χ1) is 11.2. The zero-order chi connectivity index (χ0) is 17.6. The summed E-state index contributed by atoms with van der Waals surface area (Å²) in [5.41, 5.74) is 0.106. The van der Waals surface area contributed by atoms with E-state index in [9.17, 15) is 19.8 Å². The predicted octanol–water partition coefficient (Wildman–Crippen LogP) is 3.56. The SMILES string of the molecule is Cc1c(C2C(C(=O)O)C=NC(C)(C)C2C(=O)O)sc2ccccc12. The van der Waals surface area contributed by atoms with Gasteiger partial charge in [-0.1, -0.05) is 18.2 Å². The van der Waals surface area contributed by atoms with Crippen LogP contribution in [-0.4, -0.2) is 33.9 Å². The number of benzene rings is 1. The smallest absolute Gasteiger partial charge is 0.312 e. The van der Waals surface area contributed by atoms with Gasteiger partial charge in [0.2, 0.25) is 0 Å². The number of carboxylic acid groups (broad SMARTS) is 2. The summed E-state index contributed by atoms with van der Waals surface area (Å²) in [4.78, 5) is 28.8. The molecule has 5 nitrogen and oxygen atoms in total. The van der Waals surface area contributed by atoms with E-state index < -0.39 is 35.2 Å². The number of rotatable bonds is 3. The molecule has 1 aliphatic heterocycles. The lowest BCUT2D eigenvalue weighted by atomic mass is 9.69. The largest absolute Gasteiger partial charge is 0.481 e. The fourth-order valence-corrected chi connectivity index (χ4v) is 4.99. The summed E-state index contributed by atoms with van der Waals surface area (Å²) in [6, 6.07) is 7.82. The maximum absolute atomic E-state index is 12.0. The van der Waals surface area contributed by atoms with Crippen LogP contribution in [0.15, 0.2) is 29.3 Å². The Hall–Kier alpha value is -2.21. The van der Waals surface area contributed by atoms with Crippen LogP contribution in [0.2, 0.25) is 0 Å². The quantitative estimate of drug-likeness (QED) is 0.890. The highest BCUT2D eigenvalue weighted by atomic mass is 32.1. The Bertz CT molecular complexity index is 852. The van der Waals surface area contributed by atoms with Gasteiger partial charge in [-0.25, -0.2) is 0 Å². The maximum atomic E-state index is 12.0. The van der Waals surface area contributed by atoms with Crippen LogP contribution in [0, 0.1) is 18.8 Å². The summed E-state index contributed by atoms with van der Waals surface area (Å²) in [7, 11) is 0. The van der Waals surface area contributed by atoms with Crippen molar-refractivity contribution >= 4 is 39.6 Å². The molecule has 1 aliphatic rings. The van der Waals surface area contributed by atoms with Crippen LogP contribution in [0.3, 0.4) is 0 Å². The third-order valence-corrected chi connectivity index (χ3v) is 6.18. The number of aryl methyl sites for hydroxylation is 1. The van der Waals surface area contributed by atoms with E-state index in [1.54, 1.807) is 13.8 Å². The van der Waals surface area contributed by atoms with Gasteiger partial charge in [-0.05, 0) is 37.8 Å². The summed E-state index contributed by atoms with van der Waals surface area (Å²) in [5.74, 6) is -4.52. The first-order valence-corrected chi connectivity index (χ1v) is 8.54. The highest BCUT2D eigenvalue weighted by Crippen LogP contribution is 2.48. The molecule has 1 aromatic heterocycles. The van der Waals surface area contributed by atoms with Crippen molar-refractivity contribution in [2.24, 2.45) is 16.8 Å². The molecule has 0 fully saturated rings. The Kier molecular flexibility index (Phi) is 3.95. The van der Waals surface area contributed by atoms with Gasteiger partial charge in [0, 0.05) is 21.7 Å². The van der Waals surface area contributed by atoms with Crippen LogP contribution in [-0.2, 0) is 9.59 Å². The molecule has 0 amide bonds. The third kappa shape index (κ3) is 2.51. The summed E-state index contributed by atoms with van der Waals surface area (Å²) in [5, 5.41) is 20.5. The molecule has 0 spiro atoms. The molecule has 3 atom stereocenters. The van der Waals surface area contributed by atoms with Gasteiger partial charge in [0.15, 0.2) is 0 Å². The van der Waals surface area contributed by atoms with Crippen molar-refractivity contribution in [1.82, 2.24) is 0 Å². The van der Waals surface area contributed by atoms with E-state index in [0.717, 1.165) is 20.5 Å². The molecule has 0 bridgehead atoms. The Labute approximate surface area is 143 Å². The molecule has 0 radical (unpaired) electrons. The molecule has 3 rings (SSSR count). The monoisotopic (exact) mass is 345 g/mol. The molecular formula is C18H19NO4S. The van der Waals surface area contributed by atoms with Crippen LogP contribution in [0.25, 0.3) is 10.1 Å². The number of hydrogen-bond donors (Lipinski definition) is 2. The number of carboxylic acids is 2. The van der Waals surface area contributed by atoms with Gasteiger partial charge in [-0.3, -0.25) is 14.6 Å². The molecule has 126 valence electrons. The van der Waals surface area contributed by atoms with Gasteiger partial charge in [0.05, 0.1) is 11.5 Å². The van der Waals surface area contributed by atoms with Gasteiger partial charge in [-0.2, -0.15) is 0 Å². The highest BCUT2D eigenvalue weighted by molar-refractivity contribution is 7.19. The average molecular weight is 345 g/mol. The fourth-order valence-electron chi connectivity index (χ4n) is 3.59. The lowest BCUT2D eigenvalue weighted by Gasteiger charge is -2.39. The standard InChI is InChI=1S/C18H19NO4S/c1-9-10-6-4-5-7-12(10)24-15(9)13-11(16(20)21)8-19-18(2,3)14(13)17(22)23/h4-8,11,13-14H,1-3H3,(H,20,21)(H,22,23). The van der Waals surface area contributed by atoms with Gasteiger partial charge < -0.3 is 10.2 Å². The van der Waals surface area contributed by atoms with Crippen LogP contribution in [0.5, 0.6) is 0 Å². The van der Waals surface area contributed by atoms with E-state index in [4.69, 9.17) is 0 Å². The second kappa shape index (κ2) is 5.70. The van der Waals surface area contributed by atoms with Gasteiger partial charge in [-0.15, -0.1) is 11.3 Å². The molecule has 2 N–H and O–H groups in total. The normalized spacial score (nSPS) is 25.7. The molecule has 0 saturated carbocycles. The predicted molar refractivity (Wildman–Crippen MR) is 94.1 cm³/mol. The molecule has 2 heterocycles. The number of fused-ring (bicyclic) bond motifs is 1. The molecular weight excluding hydrogens is 326 g/mol. The Morgan fingerprint density at radius 1 is 1.17 bits per heavy atom. The highest BCUT2D eigenvalue weighted by Gasteiger charge is 2.50. The van der Waals surface area contributed by atoms with E-state index in [1.807, 2.05) is 31.2 Å². The second-order valence-electron chi connectivity index (χ2n) is 6.73. The first-order valence-electron chi connectivity index (χ1n) is 7.73. The molecule has 0 saturated heterocycles. The molecule has 1 aromatic carbocycles. The minimum absolute atomic E-state index is 0.634. The van der Waals surface area contributed by atoms with Crippen LogP contribution < -0.4 is 0 Å². The van der Waals surface area contributed by atoms with Crippen molar-refractivity contribution in [2.75, 3.05) is 0 Å². The molecule has 24 heavy (non-hydrogen) atoms. The summed E-state index contributed by atoms with van der Waals surface area (Å²) >= 11 is 1.49. The van der Waals surface area contributed by atoms with E-state index in [2.05, 4.69) is 4.99 Å². The van der Waals surface area contributed by atoms with Gasteiger partial charge in [0.25, 0.3) is 0 Å². The zero-order valence-corrected chi connectivity index (χ0v) is 14.5. The lowest BCUT2D eigenvalue weighted by molar-refractivity contribution is -0.147. The van der Waals surface area contributed by atoms with Crippen molar-refractivity contribution in [3.05, 3.63) is 34.7 Å². The minimum Gasteiger partial charge on any atom is -0.481 e. The van der Waals surface area contributed by atoms with Crippen molar-refractivity contribution < 1.29 is 19.8 Å². The summed E-state index contributed by atoms with van der Waals surface area (Å²) < 4.78 is 1.04. The Balaban J connectivity index is 2.25. The Morgan fingerprint density at radius 2 is 1.83 bits per heavy atom.